The van der Waals surface area contributed by atoms with Crippen LogP contribution < -0.4 is 5.73 Å². The third-order valence-corrected chi connectivity index (χ3v) is 3.92. The zero-order valence-corrected chi connectivity index (χ0v) is 13.2. The summed E-state index contributed by atoms with van der Waals surface area (Å²) in [6, 6.07) is 6.15. The standard InChI is InChI=1S/C17H31N3/c1-3-8-16(11-12-18)9-7-14-20(4-2)15-17-10-5-6-13-19-17/h5-6,10,13,16H,3-4,7-9,11-12,14-15,18H2,1-2H3. The molecule has 1 unspecified atom stereocenters. The molecule has 0 bridgehead atoms. The van der Waals surface area contributed by atoms with Crippen molar-refractivity contribution in [2.75, 3.05) is 19.6 Å². The lowest BCUT2D eigenvalue weighted by Gasteiger charge is -2.22. The van der Waals surface area contributed by atoms with Crippen LogP contribution in [0.1, 0.15) is 51.6 Å². The van der Waals surface area contributed by atoms with Gasteiger partial charge in [0.15, 0.2) is 0 Å². The Morgan fingerprint density at radius 2 is 2.05 bits per heavy atom. The molecule has 1 heterocycles. The van der Waals surface area contributed by atoms with Gasteiger partial charge in [0.1, 0.15) is 0 Å². The molecule has 0 saturated heterocycles. The number of aromatic nitrogens is 1. The fraction of sp³-hybridized carbons (Fsp3) is 0.706. The van der Waals surface area contributed by atoms with Gasteiger partial charge in [0.05, 0.1) is 5.69 Å². The van der Waals surface area contributed by atoms with E-state index in [1.165, 1.54) is 37.8 Å². The van der Waals surface area contributed by atoms with Gasteiger partial charge in [-0.05, 0) is 56.9 Å². The molecule has 114 valence electrons. The predicted octanol–water partition coefficient (Wildman–Crippen LogP) is 3.45. The minimum Gasteiger partial charge on any atom is -0.330 e. The summed E-state index contributed by atoms with van der Waals surface area (Å²) in [4.78, 5) is 6.89. The van der Waals surface area contributed by atoms with Crippen LogP contribution >= 0.6 is 0 Å². The lowest BCUT2D eigenvalue weighted by atomic mass is 9.94. The second-order valence-corrected chi connectivity index (χ2v) is 5.56. The molecule has 0 radical (unpaired) electrons. The molecule has 20 heavy (non-hydrogen) atoms. The van der Waals surface area contributed by atoms with Crippen molar-refractivity contribution in [2.24, 2.45) is 11.7 Å². The highest BCUT2D eigenvalue weighted by Crippen LogP contribution is 2.17. The van der Waals surface area contributed by atoms with E-state index in [4.69, 9.17) is 5.73 Å². The van der Waals surface area contributed by atoms with Gasteiger partial charge in [0.2, 0.25) is 0 Å². The van der Waals surface area contributed by atoms with E-state index in [9.17, 15) is 0 Å². The summed E-state index contributed by atoms with van der Waals surface area (Å²) < 4.78 is 0. The zero-order valence-electron chi connectivity index (χ0n) is 13.2. The van der Waals surface area contributed by atoms with E-state index in [2.05, 4.69) is 35.9 Å². The first-order valence-electron chi connectivity index (χ1n) is 8.12. The molecular formula is C17H31N3. The van der Waals surface area contributed by atoms with E-state index in [1.54, 1.807) is 0 Å². The number of pyridine rings is 1. The average Bonchev–Trinajstić information content (AvgIpc) is 2.47. The second kappa shape index (κ2) is 10.8. The molecule has 0 fully saturated rings. The van der Waals surface area contributed by atoms with Crippen LogP contribution in [0.5, 0.6) is 0 Å². The Morgan fingerprint density at radius 3 is 2.65 bits per heavy atom. The summed E-state index contributed by atoms with van der Waals surface area (Å²) in [5.74, 6) is 0.818. The topological polar surface area (TPSA) is 42.1 Å². The van der Waals surface area contributed by atoms with Crippen molar-refractivity contribution in [1.82, 2.24) is 9.88 Å². The Kier molecular flexibility index (Phi) is 9.25. The number of nitrogens with zero attached hydrogens (tertiary/aromatic N) is 2. The molecule has 0 aliphatic heterocycles. The van der Waals surface area contributed by atoms with Crippen LogP contribution in [0.3, 0.4) is 0 Å². The monoisotopic (exact) mass is 277 g/mol. The Hall–Kier alpha value is -0.930. The highest BCUT2D eigenvalue weighted by Gasteiger charge is 2.09. The van der Waals surface area contributed by atoms with Crippen LogP contribution in [0.4, 0.5) is 0 Å². The molecule has 0 saturated carbocycles. The highest BCUT2D eigenvalue weighted by molar-refractivity contribution is 5.03. The lowest BCUT2D eigenvalue weighted by molar-refractivity contribution is 0.258. The smallest absolute Gasteiger partial charge is 0.0543 e. The summed E-state index contributed by atoms with van der Waals surface area (Å²) in [5.41, 5.74) is 6.87. The minimum absolute atomic E-state index is 0.818. The summed E-state index contributed by atoms with van der Waals surface area (Å²) >= 11 is 0. The van der Waals surface area contributed by atoms with Gasteiger partial charge in [-0.15, -0.1) is 0 Å². The van der Waals surface area contributed by atoms with Gasteiger partial charge < -0.3 is 5.73 Å². The maximum Gasteiger partial charge on any atom is 0.0543 e. The van der Waals surface area contributed by atoms with Crippen molar-refractivity contribution in [3.8, 4) is 0 Å². The van der Waals surface area contributed by atoms with Crippen molar-refractivity contribution in [1.29, 1.82) is 0 Å². The first kappa shape index (κ1) is 17.1. The molecule has 0 aliphatic carbocycles. The van der Waals surface area contributed by atoms with Crippen LogP contribution in [-0.4, -0.2) is 29.5 Å². The van der Waals surface area contributed by atoms with Crippen LogP contribution in [0.2, 0.25) is 0 Å². The number of rotatable bonds is 11. The molecule has 2 N–H and O–H groups in total. The van der Waals surface area contributed by atoms with E-state index >= 15 is 0 Å². The van der Waals surface area contributed by atoms with Crippen LogP contribution in [0.15, 0.2) is 24.4 Å². The van der Waals surface area contributed by atoms with E-state index in [1.807, 2.05) is 12.3 Å². The molecule has 1 rings (SSSR count). The molecule has 3 heteroatoms. The fourth-order valence-electron chi connectivity index (χ4n) is 2.75. The lowest BCUT2D eigenvalue weighted by Crippen LogP contribution is -2.25. The van der Waals surface area contributed by atoms with Gasteiger partial charge in [0.25, 0.3) is 0 Å². The SMILES string of the molecule is CCCC(CCN)CCCN(CC)Cc1ccccn1. The zero-order chi connectivity index (χ0) is 14.6. The maximum absolute atomic E-state index is 5.70. The molecule has 0 spiro atoms. The predicted molar refractivity (Wildman–Crippen MR) is 86.5 cm³/mol. The van der Waals surface area contributed by atoms with Gasteiger partial charge in [-0.25, -0.2) is 0 Å². The van der Waals surface area contributed by atoms with Gasteiger partial charge in [0, 0.05) is 12.7 Å². The summed E-state index contributed by atoms with van der Waals surface area (Å²) in [6.07, 6.45) is 8.23. The number of nitrogens with two attached hydrogens (primary N) is 1. The normalized spacial score (nSPS) is 12.8. The molecule has 0 aromatic carbocycles. The first-order chi connectivity index (χ1) is 9.80. The summed E-state index contributed by atoms with van der Waals surface area (Å²) in [5, 5.41) is 0. The highest BCUT2D eigenvalue weighted by atomic mass is 15.1. The molecule has 1 atom stereocenters. The van der Waals surface area contributed by atoms with E-state index < -0.39 is 0 Å². The Balaban J connectivity index is 2.30. The maximum atomic E-state index is 5.70. The van der Waals surface area contributed by atoms with Crippen molar-refractivity contribution in [2.45, 2.75) is 52.5 Å². The van der Waals surface area contributed by atoms with E-state index in [0.29, 0.717) is 0 Å². The second-order valence-electron chi connectivity index (χ2n) is 5.56. The van der Waals surface area contributed by atoms with Gasteiger partial charge in [-0.1, -0.05) is 32.8 Å². The third kappa shape index (κ3) is 7.01. The number of hydrogen-bond acceptors (Lipinski definition) is 3. The van der Waals surface area contributed by atoms with Gasteiger partial charge in [-0.2, -0.15) is 0 Å². The van der Waals surface area contributed by atoms with Crippen LogP contribution in [0, 0.1) is 5.92 Å². The van der Waals surface area contributed by atoms with Crippen molar-refractivity contribution < 1.29 is 0 Å². The van der Waals surface area contributed by atoms with E-state index in [0.717, 1.165) is 32.1 Å². The van der Waals surface area contributed by atoms with Crippen molar-refractivity contribution in [3.63, 3.8) is 0 Å². The molecule has 1 aromatic rings. The Labute approximate surface area is 124 Å². The molecular weight excluding hydrogens is 246 g/mol. The Bertz CT molecular complexity index is 320. The average molecular weight is 277 g/mol. The van der Waals surface area contributed by atoms with Crippen molar-refractivity contribution in [3.05, 3.63) is 30.1 Å². The molecule has 3 nitrogen and oxygen atoms in total. The third-order valence-electron chi connectivity index (χ3n) is 3.92. The molecule has 1 aromatic heterocycles. The first-order valence-corrected chi connectivity index (χ1v) is 8.12. The summed E-state index contributed by atoms with van der Waals surface area (Å²) in [6.45, 7) is 8.54. The number of hydrogen-bond donors (Lipinski definition) is 1. The quantitative estimate of drug-likeness (QED) is 0.673. The minimum atomic E-state index is 0.818. The Morgan fingerprint density at radius 1 is 1.20 bits per heavy atom. The van der Waals surface area contributed by atoms with Crippen LogP contribution in [0.25, 0.3) is 0 Å². The summed E-state index contributed by atoms with van der Waals surface area (Å²) in [7, 11) is 0. The van der Waals surface area contributed by atoms with Gasteiger partial charge >= 0.3 is 0 Å². The van der Waals surface area contributed by atoms with E-state index in [-0.39, 0.29) is 0 Å². The molecule has 0 aliphatic rings. The fourth-order valence-corrected chi connectivity index (χ4v) is 2.75. The van der Waals surface area contributed by atoms with Crippen LogP contribution in [-0.2, 0) is 6.54 Å². The van der Waals surface area contributed by atoms with Crippen molar-refractivity contribution >= 4 is 0 Å². The van der Waals surface area contributed by atoms with Gasteiger partial charge in [-0.3, -0.25) is 9.88 Å². The largest absolute Gasteiger partial charge is 0.330 e. The molecule has 0 amide bonds.